The SMILES string of the molecule is CCCS(=O)(=O)Nc1ccc(Cl)c(C(=O)c2c[nH]c3ncc(-c4cccc(N(C)C)c4)cc23)c1F. The highest BCUT2D eigenvalue weighted by molar-refractivity contribution is 7.92. The van der Waals surface area contributed by atoms with E-state index in [1.54, 1.807) is 19.2 Å². The molecular formula is C25H24ClFN4O3S. The van der Waals surface area contributed by atoms with E-state index in [-0.39, 0.29) is 22.0 Å². The Morgan fingerprint density at radius 1 is 1.17 bits per heavy atom. The van der Waals surface area contributed by atoms with E-state index in [2.05, 4.69) is 14.7 Å². The number of carbonyl (C=O) groups is 1. The minimum atomic E-state index is -3.76. The highest BCUT2D eigenvalue weighted by atomic mass is 35.5. The standard InChI is InChI=1S/C25H24ClFN4O3S/c1-4-10-35(33,34)30-21-9-8-20(26)22(23(21)27)24(32)19-14-29-25-18(19)12-16(13-28-25)15-6-5-7-17(11-15)31(2)3/h5-9,11-14,30H,4,10H2,1-3H3,(H,28,29). The third-order valence-corrected chi connectivity index (χ3v) is 7.32. The van der Waals surface area contributed by atoms with E-state index >= 15 is 4.39 Å². The molecule has 7 nitrogen and oxygen atoms in total. The van der Waals surface area contributed by atoms with E-state index in [4.69, 9.17) is 11.6 Å². The second kappa shape index (κ2) is 9.67. The van der Waals surface area contributed by atoms with Gasteiger partial charge in [-0.15, -0.1) is 0 Å². The molecule has 0 saturated carbocycles. The van der Waals surface area contributed by atoms with Gasteiger partial charge in [0.1, 0.15) is 5.65 Å². The Balaban J connectivity index is 1.78. The summed E-state index contributed by atoms with van der Waals surface area (Å²) in [5.41, 5.74) is 2.58. The average Bonchev–Trinajstić information content (AvgIpc) is 3.24. The molecule has 0 saturated heterocycles. The first kappa shape index (κ1) is 24.7. The molecule has 4 rings (SSSR count). The summed E-state index contributed by atoms with van der Waals surface area (Å²) in [4.78, 5) is 22.8. The highest BCUT2D eigenvalue weighted by Gasteiger charge is 2.25. The van der Waals surface area contributed by atoms with E-state index in [9.17, 15) is 13.2 Å². The van der Waals surface area contributed by atoms with Crippen LogP contribution >= 0.6 is 11.6 Å². The minimum Gasteiger partial charge on any atom is -0.378 e. The lowest BCUT2D eigenvalue weighted by atomic mass is 10.00. The minimum absolute atomic E-state index is 0.122. The van der Waals surface area contributed by atoms with Gasteiger partial charge in [-0.2, -0.15) is 0 Å². The molecule has 0 aliphatic heterocycles. The summed E-state index contributed by atoms with van der Waals surface area (Å²) in [6, 6.07) is 12.2. The number of rotatable bonds is 8. The predicted molar refractivity (Wildman–Crippen MR) is 138 cm³/mol. The molecule has 0 amide bonds. The highest BCUT2D eigenvalue weighted by Crippen LogP contribution is 2.32. The monoisotopic (exact) mass is 514 g/mol. The van der Waals surface area contributed by atoms with Gasteiger partial charge in [-0.1, -0.05) is 30.7 Å². The van der Waals surface area contributed by atoms with Crippen LogP contribution < -0.4 is 9.62 Å². The van der Waals surface area contributed by atoms with Crippen molar-refractivity contribution in [1.82, 2.24) is 9.97 Å². The van der Waals surface area contributed by atoms with Crippen LogP contribution in [-0.4, -0.2) is 44.0 Å². The smallest absolute Gasteiger partial charge is 0.232 e. The normalized spacial score (nSPS) is 11.6. The second-order valence-corrected chi connectivity index (χ2v) is 10.6. The maximum atomic E-state index is 15.3. The molecule has 2 N–H and O–H groups in total. The van der Waals surface area contributed by atoms with Gasteiger partial charge >= 0.3 is 0 Å². The number of carbonyl (C=O) groups excluding carboxylic acids is 1. The van der Waals surface area contributed by atoms with Crippen molar-refractivity contribution in [1.29, 1.82) is 0 Å². The number of H-pyrrole nitrogens is 1. The van der Waals surface area contributed by atoms with Gasteiger partial charge in [-0.25, -0.2) is 17.8 Å². The number of aromatic amines is 1. The molecule has 2 aromatic heterocycles. The third kappa shape index (κ3) is 5.01. The lowest BCUT2D eigenvalue weighted by molar-refractivity contribution is 0.103. The van der Waals surface area contributed by atoms with Gasteiger partial charge in [0, 0.05) is 48.7 Å². The zero-order chi connectivity index (χ0) is 25.3. The fourth-order valence-corrected chi connectivity index (χ4v) is 5.14. The van der Waals surface area contributed by atoms with Gasteiger partial charge in [0.15, 0.2) is 11.6 Å². The average molecular weight is 515 g/mol. The van der Waals surface area contributed by atoms with Gasteiger partial charge in [-0.05, 0) is 42.3 Å². The molecule has 10 heteroatoms. The van der Waals surface area contributed by atoms with Crippen molar-refractivity contribution < 1.29 is 17.6 Å². The van der Waals surface area contributed by atoms with Crippen molar-refractivity contribution >= 4 is 49.8 Å². The molecule has 2 heterocycles. The Morgan fingerprint density at radius 3 is 2.66 bits per heavy atom. The molecule has 2 aromatic carbocycles. The number of anilines is 2. The van der Waals surface area contributed by atoms with E-state index in [1.165, 1.54) is 18.3 Å². The van der Waals surface area contributed by atoms with Gasteiger partial charge in [0.2, 0.25) is 10.0 Å². The summed E-state index contributed by atoms with van der Waals surface area (Å²) >= 11 is 6.20. The molecule has 35 heavy (non-hydrogen) atoms. The van der Waals surface area contributed by atoms with Crippen LogP contribution in [0.1, 0.15) is 29.3 Å². The zero-order valence-corrected chi connectivity index (χ0v) is 21.0. The maximum absolute atomic E-state index is 15.3. The van der Waals surface area contributed by atoms with E-state index in [1.807, 2.05) is 43.3 Å². The third-order valence-electron chi connectivity index (χ3n) is 5.53. The number of halogens is 2. The summed E-state index contributed by atoms with van der Waals surface area (Å²) in [5.74, 6) is -1.89. The van der Waals surface area contributed by atoms with Crippen LogP contribution in [-0.2, 0) is 10.0 Å². The Hall–Kier alpha value is -3.43. The van der Waals surface area contributed by atoms with E-state index in [0.29, 0.717) is 17.5 Å². The zero-order valence-electron chi connectivity index (χ0n) is 19.4. The van der Waals surface area contributed by atoms with Gasteiger partial charge in [-0.3, -0.25) is 9.52 Å². The topological polar surface area (TPSA) is 95.2 Å². The van der Waals surface area contributed by atoms with E-state index in [0.717, 1.165) is 16.8 Å². The molecule has 0 unspecified atom stereocenters. The number of nitrogens with one attached hydrogen (secondary N) is 2. The first-order chi connectivity index (χ1) is 16.6. The van der Waals surface area contributed by atoms with Crippen LogP contribution in [0.25, 0.3) is 22.2 Å². The summed E-state index contributed by atoms with van der Waals surface area (Å²) < 4.78 is 41.8. The van der Waals surface area contributed by atoms with Crippen LogP contribution in [0.4, 0.5) is 15.8 Å². The Bertz CT molecular complexity index is 1530. The van der Waals surface area contributed by atoms with Crippen molar-refractivity contribution in [2.75, 3.05) is 29.5 Å². The molecule has 0 radical (unpaired) electrons. The number of fused-ring (bicyclic) bond motifs is 1. The van der Waals surface area contributed by atoms with Crippen LogP contribution in [0, 0.1) is 5.82 Å². The number of benzene rings is 2. The predicted octanol–water partition coefficient (Wildman–Crippen LogP) is 5.47. The van der Waals surface area contributed by atoms with Crippen LogP contribution in [0.5, 0.6) is 0 Å². The number of pyridine rings is 1. The number of nitrogens with zero attached hydrogens (tertiary/aromatic N) is 2. The van der Waals surface area contributed by atoms with Crippen LogP contribution in [0.2, 0.25) is 5.02 Å². The Morgan fingerprint density at radius 2 is 1.94 bits per heavy atom. The largest absolute Gasteiger partial charge is 0.378 e. The fourth-order valence-electron chi connectivity index (χ4n) is 3.77. The molecular weight excluding hydrogens is 491 g/mol. The number of hydrogen-bond acceptors (Lipinski definition) is 5. The van der Waals surface area contributed by atoms with Crippen molar-refractivity contribution in [3.63, 3.8) is 0 Å². The first-order valence-electron chi connectivity index (χ1n) is 10.9. The van der Waals surface area contributed by atoms with Crippen molar-refractivity contribution in [3.05, 3.63) is 76.8 Å². The molecule has 0 aliphatic carbocycles. The Labute approximate surface area is 208 Å². The number of aromatic nitrogens is 2. The number of sulfonamides is 1. The molecule has 0 fully saturated rings. The van der Waals surface area contributed by atoms with Crippen molar-refractivity contribution in [2.24, 2.45) is 0 Å². The maximum Gasteiger partial charge on any atom is 0.232 e. The second-order valence-electron chi connectivity index (χ2n) is 8.30. The number of ketones is 1. The van der Waals surface area contributed by atoms with Gasteiger partial charge in [0.05, 0.1) is 22.0 Å². The molecule has 4 aromatic rings. The number of hydrogen-bond donors (Lipinski definition) is 2. The van der Waals surface area contributed by atoms with Crippen molar-refractivity contribution in [2.45, 2.75) is 13.3 Å². The summed E-state index contributed by atoms with van der Waals surface area (Å²) in [7, 11) is 0.124. The lowest BCUT2D eigenvalue weighted by Crippen LogP contribution is -2.18. The lowest BCUT2D eigenvalue weighted by Gasteiger charge is -2.13. The van der Waals surface area contributed by atoms with Crippen molar-refractivity contribution in [3.8, 4) is 11.1 Å². The molecule has 182 valence electrons. The fraction of sp³-hybridized carbons (Fsp3) is 0.200. The van der Waals surface area contributed by atoms with Gasteiger partial charge in [0.25, 0.3) is 0 Å². The molecule has 0 bridgehead atoms. The summed E-state index contributed by atoms with van der Waals surface area (Å²) in [6.45, 7) is 1.70. The molecule has 0 aliphatic rings. The quantitative estimate of drug-likeness (QED) is 0.304. The van der Waals surface area contributed by atoms with Gasteiger partial charge < -0.3 is 9.88 Å². The van der Waals surface area contributed by atoms with E-state index < -0.39 is 27.2 Å². The molecule has 0 atom stereocenters. The van der Waals surface area contributed by atoms with Crippen LogP contribution in [0.15, 0.2) is 54.9 Å². The first-order valence-corrected chi connectivity index (χ1v) is 12.9. The summed E-state index contributed by atoms with van der Waals surface area (Å²) in [5, 5.41) is 0.373. The Kier molecular flexibility index (Phi) is 6.82. The summed E-state index contributed by atoms with van der Waals surface area (Å²) in [6.07, 6.45) is 3.50. The molecule has 0 spiro atoms. The van der Waals surface area contributed by atoms with Crippen LogP contribution in [0.3, 0.4) is 0 Å².